The molecule has 0 radical (unpaired) electrons. The van der Waals surface area contributed by atoms with Crippen molar-refractivity contribution in [3.63, 3.8) is 0 Å². The van der Waals surface area contributed by atoms with Crippen molar-refractivity contribution in [2.24, 2.45) is 10.1 Å². The summed E-state index contributed by atoms with van der Waals surface area (Å²) in [7, 11) is -4.33. The summed E-state index contributed by atoms with van der Waals surface area (Å²) in [5.41, 5.74) is 11.0. The summed E-state index contributed by atoms with van der Waals surface area (Å²) in [6.45, 7) is 4.58. The highest BCUT2D eigenvalue weighted by molar-refractivity contribution is 7.99. The van der Waals surface area contributed by atoms with E-state index >= 15 is 0 Å². The fourth-order valence-electron chi connectivity index (χ4n) is 5.92. The van der Waals surface area contributed by atoms with Crippen LogP contribution in [0.4, 0.5) is 17.1 Å². The molecular formula is C38H37ClN6O4S2. The number of piperazine rings is 1. The molecular weight excluding hydrogens is 704 g/mol. The van der Waals surface area contributed by atoms with Crippen LogP contribution in [0.3, 0.4) is 0 Å². The summed E-state index contributed by atoms with van der Waals surface area (Å²) in [5.74, 6) is 0.460. The molecule has 0 amide bonds. The number of nitrogens with zero attached hydrogens (tertiary/aromatic N) is 4. The highest BCUT2D eigenvalue weighted by atomic mass is 35.5. The Bertz CT molecular complexity index is 2110. The quantitative estimate of drug-likeness (QED) is 0.0314. The zero-order chi connectivity index (χ0) is 35.8. The molecule has 13 heteroatoms. The van der Waals surface area contributed by atoms with Crippen molar-refractivity contribution in [2.45, 2.75) is 16.3 Å². The SMILES string of the molecule is N/C(=N\S(=O)(=O)c1ccc(NCCSc2ccccc2)c([N+](=O)[O-])c1)c1ccc(N2CCN(Cc3cc(Cl)ccc3-c3ccccc3)CC2)cc1. The van der Waals surface area contributed by atoms with Gasteiger partial charge >= 0.3 is 0 Å². The number of nitro benzene ring substituents is 1. The van der Waals surface area contributed by atoms with E-state index in [9.17, 15) is 18.5 Å². The maximum Gasteiger partial charge on any atom is 0.293 e. The van der Waals surface area contributed by atoms with Crippen molar-refractivity contribution in [1.82, 2.24) is 4.90 Å². The van der Waals surface area contributed by atoms with E-state index in [2.05, 4.69) is 37.7 Å². The van der Waals surface area contributed by atoms with Crippen LogP contribution in [0.2, 0.25) is 5.02 Å². The van der Waals surface area contributed by atoms with Gasteiger partial charge in [-0.3, -0.25) is 15.0 Å². The third-order valence-corrected chi connectivity index (χ3v) is 11.1. The average Bonchev–Trinajstić information content (AvgIpc) is 3.14. The Morgan fingerprint density at radius 2 is 1.57 bits per heavy atom. The number of hydrogen-bond acceptors (Lipinski definition) is 8. The van der Waals surface area contributed by atoms with Gasteiger partial charge in [0.25, 0.3) is 15.7 Å². The lowest BCUT2D eigenvalue weighted by molar-refractivity contribution is -0.384. The van der Waals surface area contributed by atoms with Gasteiger partial charge in [0.05, 0.1) is 9.82 Å². The normalized spacial score (nSPS) is 14.0. The Balaban J connectivity index is 1.06. The summed E-state index contributed by atoms with van der Waals surface area (Å²) in [5, 5.41) is 15.6. The van der Waals surface area contributed by atoms with Gasteiger partial charge in [-0.1, -0.05) is 66.2 Å². The van der Waals surface area contributed by atoms with Gasteiger partial charge in [-0.15, -0.1) is 16.2 Å². The van der Waals surface area contributed by atoms with E-state index in [1.54, 1.807) is 23.9 Å². The van der Waals surface area contributed by atoms with Gasteiger partial charge < -0.3 is 16.0 Å². The first kappa shape index (κ1) is 35.9. The van der Waals surface area contributed by atoms with E-state index in [-0.39, 0.29) is 22.1 Å². The highest BCUT2D eigenvalue weighted by Gasteiger charge is 2.23. The smallest absolute Gasteiger partial charge is 0.293 e. The molecule has 10 nitrogen and oxygen atoms in total. The number of thioether (sulfide) groups is 1. The Morgan fingerprint density at radius 3 is 2.25 bits per heavy atom. The molecule has 1 aliphatic rings. The first-order chi connectivity index (χ1) is 24.7. The third-order valence-electron chi connectivity index (χ3n) is 8.56. The number of nitrogens with two attached hydrogens (primary N) is 1. The molecule has 5 aromatic carbocycles. The second-order valence-corrected chi connectivity index (χ2v) is 15.2. The predicted molar refractivity (Wildman–Crippen MR) is 207 cm³/mol. The van der Waals surface area contributed by atoms with Crippen LogP contribution >= 0.6 is 23.4 Å². The molecule has 0 aliphatic carbocycles. The minimum absolute atomic E-state index is 0.204. The molecule has 0 aromatic heterocycles. The van der Waals surface area contributed by atoms with Gasteiger partial charge in [-0.2, -0.15) is 8.42 Å². The molecule has 1 saturated heterocycles. The van der Waals surface area contributed by atoms with Crippen LogP contribution < -0.4 is 16.0 Å². The van der Waals surface area contributed by atoms with Gasteiger partial charge in [0.15, 0.2) is 0 Å². The van der Waals surface area contributed by atoms with Crippen LogP contribution in [0.15, 0.2) is 136 Å². The number of benzene rings is 5. The minimum Gasteiger partial charge on any atom is -0.383 e. The average molecular weight is 741 g/mol. The van der Waals surface area contributed by atoms with Crippen LogP contribution in [0.1, 0.15) is 11.1 Å². The number of rotatable bonds is 13. The maximum absolute atomic E-state index is 13.2. The van der Waals surface area contributed by atoms with Crippen LogP contribution in [0, 0.1) is 10.1 Å². The monoisotopic (exact) mass is 740 g/mol. The van der Waals surface area contributed by atoms with Crippen LogP contribution in [-0.4, -0.2) is 62.6 Å². The van der Waals surface area contributed by atoms with Gasteiger partial charge in [-0.05, 0) is 77.4 Å². The Hall–Kier alpha value is -4.88. The van der Waals surface area contributed by atoms with E-state index in [0.717, 1.165) is 60.0 Å². The fourth-order valence-corrected chi connectivity index (χ4v) is 7.87. The molecule has 1 fully saturated rings. The predicted octanol–water partition coefficient (Wildman–Crippen LogP) is 7.54. The molecule has 6 rings (SSSR count). The molecule has 1 aliphatic heterocycles. The fraction of sp³-hybridized carbons (Fsp3) is 0.184. The van der Waals surface area contributed by atoms with Gasteiger partial charge in [0.1, 0.15) is 11.5 Å². The van der Waals surface area contributed by atoms with E-state index in [1.165, 1.54) is 23.3 Å². The van der Waals surface area contributed by atoms with Crippen LogP contribution in [0.5, 0.6) is 0 Å². The summed E-state index contributed by atoms with van der Waals surface area (Å²) in [4.78, 5) is 16.7. The Labute approximate surface area is 307 Å². The van der Waals surface area contributed by atoms with Crippen molar-refractivity contribution in [1.29, 1.82) is 0 Å². The van der Waals surface area contributed by atoms with E-state index in [4.69, 9.17) is 17.3 Å². The molecule has 262 valence electrons. The number of halogens is 1. The summed E-state index contributed by atoms with van der Waals surface area (Å²) in [6.07, 6.45) is 0. The Kier molecular flexibility index (Phi) is 11.6. The standard InChI is InChI=1S/C38H37ClN6O4S2/c39-31-13-17-35(28-7-3-1-4-8-28)30(25-31)27-43-20-22-44(23-21-43)32-14-11-29(12-15-32)38(40)42-51(48,49)34-16-18-36(37(26-34)45(46)47)41-19-24-50-33-9-5-2-6-10-33/h1-18,25-26,41H,19-24,27H2,(H2,40,42). The Morgan fingerprint density at radius 1 is 0.882 bits per heavy atom. The van der Waals surface area contributed by atoms with Crippen molar-refractivity contribution in [3.8, 4) is 11.1 Å². The maximum atomic E-state index is 13.2. The molecule has 0 saturated carbocycles. The molecule has 0 spiro atoms. The lowest BCUT2D eigenvalue weighted by Gasteiger charge is -2.36. The second kappa shape index (κ2) is 16.4. The minimum atomic E-state index is -4.33. The van der Waals surface area contributed by atoms with Gasteiger partial charge in [0, 0.05) is 72.3 Å². The number of sulfonamides is 1. The largest absolute Gasteiger partial charge is 0.383 e. The lowest BCUT2D eigenvalue weighted by atomic mass is 9.99. The second-order valence-electron chi connectivity index (χ2n) is 12.0. The topological polar surface area (TPSA) is 134 Å². The van der Waals surface area contributed by atoms with Crippen LogP contribution in [-0.2, 0) is 16.6 Å². The zero-order valence-corrected chi connectivity index (χ0v) is 30.1. The van der Waals surface area contributed by atoms with E-state index in [1.807, 2.05) is 72.8 Å². The first-order valence-corrected chi connectivity index (χ1v) is 19.2. The lowest BCUT2D eigenvalue weighted by Crippen LogP contribution is -2.46. The molecule has 51 heavy (non-hydrogen) atoms. The van der Waals surface area contributed by atoms with E-state index < -0.39 is 14.9 Å². The third kappa shape index (κ3) is 9.27. The van der Waals surface area contributed by atoms with Gasteiger partial charge in [0.2, 0.25) is 0 Å². The van der Waals surface area contributed by atoms with Crippen molar-refractivity contribution < 1.29 is 13.3 Å². The summed E-state index contributed by atoms with van der Waals surface area (Å²) in [6, 6.07) is 37.1. The van der Waals surface area contributed by atoms with Crippen LogP contribution in [0.25, 0.3) is 11.1 Å². The van der Waals surface area contributed by atoms with Crippen molar-refractivity contribution in [2.75, 3.05) is 48.7 Å². The molecule has 0 bridgehead atoms. The number of nitro groups is 1. The summed E-state index contributed by atoms with van der Waals surface area (Å²) >= 11 is 7.99. The number of anilines is 2. The molecule has 0 atom stereocenters. The molecule has 3 N–H and O–H groups in total. The first-order valence-electron chi connectivity index (χ1n) is 16.4. The number of amidine groups is 1. The molecule has 0 unspecified atom stereocenters. The summed E-state index contributed by atoms with van der Waals surface area (Å²) < 4.78 is 30.2. The van der Waals surface area contributed by atoms with Crippen molar-refractivity contribution >= 4 is 56.3 Å². The van der Waals surface area contributed by atoms with E-state index in [0.29, 0.717) is 17.9 Å². The molecule has 5 aromatic rings. The van der Waals surface area contributed by atoms with Gasteiger partial charge in [-0.25, -0.2) is 0 Å². The number of nitrogens with one attached hydrogen (secondary N) is 1. The highest BCUT2D eigenvalue weighted by Crippen LogP contribution is 2.30. The number of hydrogen-bond donors (Lipinski definition) is 2. The molecule has 1 heterocycles. The van der Waals surface area contributed by atoms with Crippen molar-refractivity contribution in [3.05, 3.63) is 148 Å². The zero-order valence-electron chi connectivity index (χ0n) is 27.7.